The summed E-state index contributed by atoms with van der Waals surface area (Å²) in [6, 6.07) is 0. The lowest BCUT2D eigenvalue weighted by Crippen LogP contribution is -2.15. The summed E-state index contributed by atoms with van der Waals surface area (Å²) in [6.45, 7) is 4.66. The molecule has 0 atom stereocenters. The molecule has 0 saturated heterocycles. The zero-order valence-electron chi connectivity index (χ0n) is 7.03. The van der Waals surface area contributed by atoms with Crippen molar-refractivity contribution >= 4 is 0 Å². The summed E-state index contributed by atoms with van der Waals surface area (Å²) in [5, 5.41) is 3.42. The van der Waals surface area contributed by atoms with Gasteiger partial charge in [-0.2, -0.15) is 0 Å². The van der Waals surface area contributed by atoms with Gasteiger partial charge in [-0.1, -0.05) is 19.8 Å². The van der Waals surface area contributed by atoms with Crippen molar-refractivity contribution in [3.8, 4) is 0 Å². The van der Waals surface area contributed by atoms with E-state index < -0.39 is 0 Å². The third kappa shape index (κ3) is 3.89. The van der Waals surface area contributed by atoms with Crippen LogP contribution in [-0.4, -0.2) is 13.1 Å². The predicted octanol–water partition coefficient (Wildman–Crippen LogP) is 2.18. The molecule has 60 valence electrons. The second-order valence-corrected chi connectivity index (χ2v) is 3.34. The van der Waals surface area contributed by atoms with Crippen LogP contribution in [0.2, 0.25) is 0 Å². The molecule has 1 aliphatic rings. The van der Waals surface area contributed by atoms with Crippen LogP contribution in [0.5, 0.6) is 0 Å². The van der Waals surface area contributed by atoms with Crippen LogP contribution in [0.25, 0.3) is 0 Å². The zero-order valence-corrected chi connectivity index (χ0v) is 7.03. The Kier molecular flexibility index (Phi) is 3.81. The Labute approximate surface area is 64.2 Å². The minimum absolute atomic E-state index is 1.11. The first kappa shape index (κ1) is 8.06. The molecule has 0 radical (unpaired) electrons. The quantitative estimate of drug-likeness (QED) is 0.559. The van der Waals surface area contributed by atoms with E-state index in [9.17, 15) is 0 Å². The van der Waals surface area contributed by atoms with Crippen LogP contribution < -0.4 is 5.32 Å². The largest absolute Gasteiger partial charge is 0.317 e. The van der Waals surface area contributed by atoms with Gasteiger partial charge in [-0.05, 0) is 38.3 Å². The van der Waals surface area contributed by atoms with E-state index in [1.807, 2.05) is 0 Å². The van der Waals surface area contributed by atoms with Gasteiger partial charge in [0, 0.05) is 0 Å². The number of hydrogen-bond acceptors (Lipinski definition) is 1. The van der Waals surface area contributed by atoms with Crippen LogP contribution in [0.15, 0.2) is 0 Å². The number of rotatable bonds is 6. The van der Waals surface area contributed by atoms with Gasteiger partial charge in [0.15, 0.2) is 0 Å². The Morgan fingerprint density at radius 3 is 2.70 bits per heavy atom. The van der Waals surface area contributed by atoms with E-state index in [1.165, 1.54) is 45.2 Å². The molecular formula is C9H19N. The molecule has 1 rings (SSSR count). The molecule has 1 heteroatoms. The smallest absolute Gasteiger partial charge is 0.00488 e. The topological polar surface area (TPSA) is 12.0 Å². The van der Waals surface area contributed by atoms with E-state index in [-0.39, 0.29) is 0 Å². The van der Waals surface area contributed by atoms with Gasteiger partial charge in [-0.25, -0.2) is 0 Å². The van der Waals surface area contributed by atoms with Crippen LogP contribution >= 0.6 is 0 Å². The predicted molar refractivity (Wildman–Crippen MR) is 45.1 cm³/mol. The second kappa shape index (κ2) is 4.73. The molecule has 1 saturated carbocycles. The fourth-order valence-electron chi connectivity index (χ4n) is 1.22. The van der Waals surface area contributed by atoms with Crippen molar-refractivity contribution in [2.75, 3.05) is 13.1 Å². The highest BCUT2D eigenvalue weighted by Crippen LogP contribution is 2.33. The Morgan fingerprint density at radius 1 is 1.30 bits per heavy atom. The molecule has 0 aromatic heterocycles. The van der Waals surface area contributed by atoms with Gasteiger partial charge < -0.3 is 5.32 Å². The van der Waals surface area contributed by atoms with Crippen LogP contribution in [0.4, 0.5) is 0 Å². The van der Waals surface area contributed by atoms with E-state index in [0.29, 0.717) is 0 Å². The summed E-state index contributed by atoms with van der Waals surface area (Å²) in [6.07, 6.45) is 7.15. The summed E-state index contributed by atoms with van der Waals surface area (Å²) in [5.41, 5.74) is 0. The molecule has 0 spiro atoms. The molecule has 0 amide bonds. The normalized spacial score (nSPS) is 17.7. The van der Waals surface area contributed by atoms with Crippen LogP contribution in [0, 0.1) is 5.92 Å². The van der Waals surface area contributed by atoms with E-state index in [4.69, 9.17) is 0 Å². The molecule has 0 aromatic rings. The minimum Gasteiger partial charge on any atom is -0.317 e. The first-order valence-electron chi connectivity index (χ1n) is 4.64. The van der Waals surface area contributed by atoms with Crippen LogP contribution in [0.1, 0.15) is 39.0 Å². The van der Waals surface area contributed by atoms with E-state index in [1.54, 1.807) is 0 Å². The van der Waals surface area contributed by atoms with Crippen LogP contribution in [0.3, 0.4) is 0 Å². The molecule has 0 aromatic carbocycles. The van der Waals surface area contributed by atoms with Gasteiger partial charge in [-0.3, -0.25) is 0 Å². The van der Waals surface area contributed by atoms with Gasteiger partial charge in [0.1, 0.15) is 0 Å². The first-order valence-corrected chi connectivity index (χ1v) is 4.64. The van der Waals surface area contributed by atoms with E-state index in [0.717, 1.165) is 5.92 Å². The monoisotopic (exact) mass is 141 g/mol. The molecule has 0 bridgehead atoms. The van der Waals surface area contributed by atoms with Crippen molar-refractivity contribution < 1.29 is 0 Å². The first-order chi connectivity index (χ1) is 4.93. The van der Waals surface area contributed by atoms with E-state index in [2.05, 4.69) is 12.2 Å². The Bertz CT molecular complexity index is 76.8. The van der Waals surface area contributed by atoms with Crippen molar-refractivity contribution in [3.05, 3.63) is 0 Å². The molecule has 1 fully saturated rings. The van der Waals surface area contributed by atoms with Gasteiger partial charge in [0.2, 0.25) is 0 Å². The van der Waals surface area contributed by atoms with Crippen molar-refractivity contribution in [3.63, 3.8) is 0 Å². The van der Waals surface area contributed by atoms with Crippen molar-refractivity contribution in [2.24, 2.45) is 5.92 Å². The van der Waals surface area contributed by atoms with Crippen molar-refractivity contribution in [1.29, 1.82) is 0 Å². The number of nitrogens with one attached hydrogen (secondary N) is 1. The van der Waals surface area contributed by atoms with Gasteiger partial charge >= 0.3 is 0 Å². The Balaban J connectivity index is 1.68. The van der Waals surface area contributed by atoms with Gasteiger partial charge in [0.05, 0.1) is 0 Å². The average Bonchev–Trinajstić information content (AvgIpc) is 2.71. The molecule has 1 nitrogen and oxygen atoms in total. The molecule has 10 heavy (non-hydrogen) atoms. The molecular weight excluding hydrogens is 122 g/mol. The third-order valence-electron chi connectivity index (χ3n) is 2.09. The van der Waals surface area contributed by atoms with Crippen molar-refractivity contribution in [2.45, 2.75) is 39.0 Å². The summed E-state index contributed by atoms with van der Waals surface area (Å²) >= 11 is 0. The highest BCUT2D eigenvalue weighted by atomic mass is 14.8. The Morgan fingerprint density at radius 2 is 2.10 bits per heavy atom. The SMILES string of the molecule is CCCNCCCC1CC1. The summed E-state index contributed by atoms with van der Waals surface area (Å²) in [4.78, 5) is 0. The molecule has 0 aliphatic heterocycles. The summed E-state index contributed by atoms with van der Waals surface area (Å²) in [7, 11) is 0. The van der Waals surface area contributed by atoms with Crippen molar-refractivity contribution in [1.82, 2.24) is 5.32 Å². The van der Waals surface area contributed by atoms with Gasteiger partial charge in [-0.15, -0.1) is 0 Å². The minimum atomic E-state index is 1.11. The third-order valence-corrected chi connectivity index (χ3v) is 2.09. The lowest BCUT2D eigenvalue weighted by Gasteiger charge is -2.00. The summed E-state index contributed by atoms with van der Waals surface area (Å²) in [5.74, 6) is 1.11. The number of hydrogen-bond donors (Lipinski definition) is 1. The average molecular weight is 141 g/mol. The zero-order chi connectivity index (χ0) is 7.23. The fraction of sp³-hybridized carbons (Fsp3) is 1.00. The maximum atomic E-state index is 3.42. The molecule has 1 aliphatic carbocycles. The van der Waals surface area contributed by atoms with Crippen LogP contribution in [-0.2, 0) is 0 Å². The maximum Gasteiger partial charge on any atom is -0.00488 e. The standard InChI is InChI=1S/C9H19N/c1-2-7-10-8-3-4-9-5-6-9/h9-10H,2-8H2,1H3. The lowest BCUT2D eigenvalue weighted by molar-refractivity contribution is 0.590. The van der Waals surface area contributed by atoms with E-state index >= 15 is 0 Å². The Hall–Kier alpha value is -0.0400. The summed E-state index contributed by atoms with van der Waals surface area (Å²) < 4.78 is 0. The molecule has 0 heterocycles. The lowest BCUT2D eigenvalue weighted by atomic mass is 10.2. The molecule has 1 N–H and O–H groups in total. The molecule has 0 unspecified atom stereocenters. The maximum absolute atomic E-state index is 3.42. The second-order valence-electron chi connectivity index (χ2n) is 3.34. The highest BCUT2D eigenvalue weighted by Gasteiger charge is 2.19. The van der Waals surface area contributed by atoms with Gasteiger partial charge in [0.25, 0.3) is 0 Å². The fourth-order valence-corrected chi connectivity index (χ4v) is 1.22. The highest BCUT2D eigenvalue weighted by molar-refractivity contribution is 4.72.